The number of hydrogen-bond donors (Lipinski definition) is 1. The van der Waals surface area contributed by atoms with Crippen LogP contribution in [0.1, 0.15) is 25.5 Å². The third-order valence-electron chi connectivity index (χ3n) is 4.21. The number of carboxylic acids is 1. The second kappa shape index (κ2) is 5.14. The number of piperidine rings is 1. The molecule has 7 heteroatoms. The van der Waals surface area contributed by atoms with Crippen LogP contribution in [0.5, 0.6) is 0 Å². The van der Waals surface area contributed by atoms with Gasteiger partial charge < -0.3 is 10.0 Å². The minimum Gasteiger partial charge on any atom is -0.481 e. The fraction of sp³-hybridized carbons (Fsp3) is 0.500. The van der Waals surface area contributed by atoms with Gasteiger partial charge in [-0.2, -0.15) is 0 Å². The monoisotopic (exact) mass is 307 g/mol. The molecule has 3 rings (SSSR count). The lowest BCUT2D eigenvalue weighted by atomic mass is 9.80. The van der Waals surface area contributed by atoms with E-state index in [2.05, 4.69) is 4.98 Å². The lowest BCUT2D eigenvalue weighted by Crippen LogP contribution is -2.45. The number of amides is 1. The highest BCUT2D eigenvalue weighted by molar-refractivity contribution is 7.15. The number of nitrogens with zero attached hydrogens (tertiary/aromatic N) is 3. The summed E-state index contributed by atoms with van der Waals surface area (Å²) >= 11 is 1.54. The van der Waals surface area contributed by atoms with Crippen LogP contribution in [0.2, 0.25) is 0 Å². The molecule has 0 saturated carbocycles. The van der Waals surface area contributed by atoms with Crippen molar-refractivity contribution in [2.45, 2.75) is 26.2 Å². The molecule has 112 valence electrons. The summed E-state index contributed by atoms with van der Waals surface area (Å²) in [5, 5.41) is 11.1. The Hall–Kier alpha value is -1.89. The molecule has 3 heterocycles. The van der Waals surface area contributed by atoms with Crippen molar-refractivity contribution in [1.29, 1.82) is 0 Å². The third kappa shape index (κ3) is 2.65. The first-order valence-electron chi connectivity index (χ1n) is 6.90. The van der Waals surface area contributed by atoms with E-state index in [1.165, 1.54) is 11.3 Å². The molecular formula is C14H17N3O3S. The van der Waals surface area contributed by atoms with Crippen LogP contribution in [0.25, 0.3) is 4.96 Å². The predicted octanol–water partition coefficient (Wildman–Crippen LogP) is 1.65. The van der Waals surface area contributed by atoms with Crippen LogP contribution in [0.3, 0.4) is 0 Å². The van der Waals surface area contributed by atoms with Crippen LogP contribution < -0.4 is 0 Å². The Labute approximate surface area is 126 Å². The number of aromatic nitrogens is 2. The van der Waals surface area contributed by atoms with Gasteiger partial charge in [0.25, 0.3) is 0 Å². The average molecular weight is 307 g/mol. The van der Waals surface area contributed by atoms with Gasteiger partial charge in [0, 0.05) is 30.9 Å². The van der Waals surface area contributed by atoms with Gasteiger partial charge >= 0.3 is 5.97 Å². The van der Waals surface area contributed by atoms with Crippen molar-refractivity contribution in [2.75, 3.05) is 13.1 Å². The van der Waals surface area contributed by atoms with Crippen molar-refractivity contribution in [3.05, 3.63) is 23.5 Å². The van der Waals surface area contributed by atoms with E-state index in [-0.39, 0.29) is 12.3 Å². The largest absolute Gasteiger partial charge is 0.481 e. The third-order valence-corrected chi connectivity index (χ3v) is 4.98. The van der Waals surface area contributed by atoms with E-state index >= 15 is 0 Å². The maximum Gasteiger partial charge on any atom is 0.309 e. The molecule has 0 aliphatic carbocycles. The summed E-state index contributed by atoms with van der Waals surface area (Å²) in [6.45, 7) is 2.76. The summed E-state index contributed by atoms with van der Waals surface area (Å²) < 4.78 is 1.91. The first-order chi connectivity index (χ1) is 9.98. The first kappa shape index (κ1) is 14.1. The molecule has 0 unspecified atom stereocenters. The van der Waals surface area contributed by atoms with Gasteiger partial charge in [-0.1, -0.05) is 0 Å². The Morgan fingerprint density at radius 2 is 2.14 bits per heavy atom. The van der Waals surface area contributed by atoms with Gasteiger partial charge in [0.2, 0.25) is 5.91 Å². The summed E-state index contributed by atoms with van der Waals surface area (Å²) in [6, 6.07) is 0. The van der Waals surface area contributed by atoms with Gasteiger partial charge in [0.05, 0.1) is 17.5 Å². The number of rotatable bonds is 3. The summed E-state index contributed by atoms with van der Waals surface area (Å²) in [5.74, 6) is -0.753. The molecule has 1 aliphatic heterocycles. The van der Waals surface area contributed by atoms with E-state index in [0.717, 1.165) is 10.7 Å². The summed E-state index contributed by atoms with van der Waals surface area (Å²) in [7, 11) is 0. The molecule has 0 spiro atoms. The zero-order chi connectivity index (χ0) is 15.0. The fourth-order valence-electron chi connectivity index (χ4n) is 2.59. The number of likely N-dealkylation sites (tertiary alicyclic amines) is 1. The number of carboxylic acid groups (broad SMARTS) is 1. The van der Waals surface area contributed by atoms with Crippen molar-refractivity contribution < 1.29 is 14.7 Å². The quantitative estimate of drug-likeness (QED) is 0.935. The van der Waals surface area contributed by atoms with Crippen LogP contribution in [-0.4, -0.2) is 44.4 Å². The standard InChI is InChI=1S/C14H17N3O3S/c1-14(12(19)20)2-4-16(5-3-14)11(18)8-10-9-17-6-7-21-13(17)15-10/h6-7,9H,2-5,8H2,1H3,(H,19,20). The summed E-state index contributed by atoms with van der Waals surface area (Å²) in [5.41, 5.74) is 0.0618. The van der Waals surface area contributed by atoms with E-state index in [1.807, 2.05) is 22.2 Å². The molecule has 0 aromatic carbocycles. The summed E-state index contributed by atoms with van der Waals surface area (Å²) in [6.07, 6.45) is 5.08. The van der Waals surface area contributed by atoms with Gasteiger partial charge in [-0.15, -0.1) is 11.3 Å². The van der Waals surface area contributed by atoms with Crippen LogP contribution in [-0.2, 0) is 16.0 Å². The lowest BCUT2D eigenvalue weighted by molar-refractivity contribution is -0.152. The Morgan fingerprint density at radius 1 is 1.43 bits per heavy atom. The number of carbonyl (C=O) groups excluding carboxylic acids is 1. The van der Waals surface area contributed by atoms with Crippen LogP contribution >= 0.6 is 11.3 Å². The number of carbonyl (C=O) groups is 2. The average Bonchev–Trinajstić information content (AvgIpc) is 3.00. The Kier molecular flexibility index (Phi) is 3.44. The maximum atomic E-state index is 12.3. The second-order valence-electron chi connectivity index (χ2n) is 5.75. The number of hydrogen-bond acceptors (Lipinski definition) is 4. The molecule has 1 aliphatic rings. The molecule has 0 radical (unpaired) electrons. The molecule has 21 heavy (non-hydrogen) atoms. The number of aliphatic carboxylic acids is 1. The van der Waals surface area contributed by atoms with E-state index in [4.69, 9.17) is 0 Å². The molecule has 2 aromatic heterocycles. The van der Waals surface area contributed by atoms with Gasteiger partial charge in [-0.25, -0.2) is 4.98 Å². The topological polar surface area (TPSA) is 74.9 Å². The van der Waals surface area contributed by atoms with Crippen molar-refractivity contribution >= 4 is 28.2 Å². The SMILES string of the molecule is CC1(C(=O)O)CCN(C(=O)Cc2cn3ccsc3n2)CC1. The van der Waals surface area contributed by atoms with E-state index in [0.29, 0.717) is 25.9 Å². The highest BCUT2D eigenvalue weighted by atomic mass is 32.1. The van der Waals surface area contributed by atoms with Gasteiger partial charge in [-0.3, -0.25) is 14.0 Å². The summed E-state index contributed by atoms with van der Waals surface area (Å²) in [4.78, 5) is 30.5. The number of fused-ring (bicyclic) bond motifs is 1. The Balaban J connectivity index is 1.62. The second-order valence-corrected chi connectivity index (χ2v) is 6.62. The number of thiazole rings is 1. The zero-order valence-electron chi connectivity index (χ0n) is 11.8. The van der Waals surface area contributed by atoms with Crippen LogP contribution in [0.15, 0.2) is 17.8 Å². The van der Waals surface area contributed by atoms with Crippen molar-refractivity contribution in [2.24, 2.45) is 5.41 Å². The lowest BCUT2D eigenvalue weighted by Gasteiger charge is -2.36. The fourth-order valence-corrected chi connectivity index (χ4v) is 3.31. The van der Waals surface area contributed by atoms with Gasteiger partial charge in [-0.05, 0) is 19.8 Å². The van der Waals surface area contributed by atoms with Crippen molar-refractivity contribution in [3.8, 4) is 0 Å². The van der Waals surface area contributed by atoms with Gasteiger partial charge in [0.15, 0.2) is 4.96 Å². The smallest absolute Gasteiger partial charge is 0.309 e. The van der Waals surface area contributed by atoms with Gasteiger partial charge in [0.1, 0.15) is 0 Å². The Bertz CT molecular complexity index is 654. The minimum absolute atomic E-state index is 0.0215. The molecule has 6 nitrogen and oxygen atoms in total. The van der Waals surface area contributed by atoms with Crippen molar-refractivity contribution in [1.82, 2.24) is 14.3 Å². The molecule has 1 amide bonds. The molecule has 0 atom stereocenters. The van der Waals surface area contributed by atoms with Crippen LogP contribution in [0.4, 0.5) is 0 Å². The minimum atomic E-state index is -0.774. The normalized spacial score (nSPS) is 18.0. The predicted molar refractivity (Wildman–Crippen MR) is 78.3 cm³/mol. The molecule has 1 fully saturated rings. The highest BCUT2D eigenvalue weighted by Crippen LogP contribution is 2.31. The van der Waals surface area contributed by atoms with E-state index in [1.54, 1.807) is 11.8 Å². The molecule has 1 saturated heterocycles. The zero-order valence-corrected chi connectivity index (χ0v) is 12.6. The molecular weight excluding hydrogens is 290 g/mol. The first-order valence-corrected chi connectivity index (χ1v) is 7.78. The molecule has 2 aromatic rings. The maximum absolute atomic E-state index is 12.3. The molecule has 0 bridgehead atoms. The van der Waals surface area contributed by atoms with Crippen LogP contribution in [0, 0.1) is 5.41 Å². The van der Waals surface area contributed by atoms with E-state index < -0.39 is 11.4 Å². The van der Waals surface area contributed by atoms with Crippen molar-refractivity contribution in [3.63, 3.8) is 0 Å². The highest BCUT2D eigenvalue weighted by Gasteiger charge is 2.37. The molecule has 1 N–H and O–H groups in total. The van der Waals surface area contributed by atoms with E-state index in [9.17, 15) is 14.7 Å². The number of imidazole rings is 1. The Morgan fingerprint density at radius 3 is 2.76 bits per heavy atom.